The molecule has 2 amide bonds. The van der Waals surface area contributed by atoms with Crippen LogP contribution in [0.15, 0.2) is 36.7 Å². The summed E-state index contributed by atoms with van der Waals surface area (Å²) >= 11 is 0. The van der Waals surface area contributed by atoms with Crippen molar-refractivity contribution in [2.24, 2.45) is 5.92 Å². The third-order valence-electron chi connectivity index (χ3n) is 6.42. The smallest absolute Gasteiger partial charge is 0.260 e. The second-order valence-corrected chi connectivity index (χ2v) is 9.99. The molecule has 2 N–H and O–H groups in total. The van der Waals surface area contributed by atoms with Gasteiger partial charge in [-0.3, -0.25) is 9.59 Å². The first-order chi connectivity index (χ1) is 17.7. The number of pyridine rings is 1. The third-order valence-corrected chi connectivity index (χ3v) is 6.42. The molecule has 0 fully saturated rings. The number of carbonyl (C=O) groups excluding carboxylic acids is 2. The first kappa shape index (κ1) is 26.3. The van der Waals surface area contributed by atoms with Gasteiger partial charge >= 0.3 is 0 Å². The minimum absolute atomic E-state index is 0.155. The molecule has 1 atom stereocenters. The van der Waals surface area contributed by atoms with E-state index in [9.17, 15) is 14.7 Å². The van der Waals surface area contributed by atoms with Crippen molar-refractivity contribution in [1.29, 1.82) is 0 Å². The normalized spacial score (nSPS) is 14.0. The Bertz CT molecular complexity index is 1290. The molecular formula is C27H34N6O4. The highest BCUT2D eigenvalue weighted by molar-refractivity contribution is 6.06. The van der Waals surface area contributed by atoms with Crippen molar-refractivity contribution in [2.45, 2.75) is 59.2 Å². The number of methoxy groups -OCH3 is 1. The molecule has 0 bridgehead atoms. The van der Waals surface area contributed by atoms with Crippen LogP contribution in [-0.2, 0) is 17.8 Å². The Balaban J connectivity index is 1.56. The Kier molecular flexibility index (Phi) is 7.87. The SMILES string of the molecule is COc1cc2c(cc1C(=O)Nc1cccc(-c3nncn3C(C)C)n1)CN(C(=O)[C@@H](O)CC(C)C)CC2. The maximum Gasteiger partial charge on any atom is 0.260 e. The zero-order valence-electron chi connectivity index (χ0n) is 21.9. The van der Waals surface area contributed by atoms with Crippen molar-refractivity contribution in [2.75, 3.05) is 19.0 Å². The monoisotopic (exact) mass is 506 g/mol. The van der Waals surface area contributed by atoms with E-state index >= 15 is 0 Å². The highest BCUT2D eigenvalue weighted by Gasteiger charge is 2.28. The number of carbonyl (C=O) groups is 2. The molecular weight excluding hydrogens is 472 g/mol. The second-order valence-electron chi connectivity index (χ2n) is 9.99. The van der Waals surface area contributed by atoms with Crippen LogP contribution in [0, 0.1) is 5.92 Å². The summed E-state index contributed by atoms with van der Waals surface area (Å²) in [6, 6.07) is 9.09. The molecule has 0 radical (unpaired) electrons. The molecule has 4 rings (SSSR count). The maximum atomic E-state index is 13.3. The molecule has 1 aliphatic heterocycles. The van der Waals surface area contributed by atoms with Gasteiger partial charge in [0, 0.05) is 19.1 Å². The third kappa shape index (κ3) is 5.80. The summed E-state index contributed by atoms with van der Waals surface area (Å²) in [6.07, 6.45) is 1.66. The number of nitrogens with zero attached hydrogens (tertiary/aromatic N) is 5. The number of hydrogen-bond acceptors (Lipinski definition) is 7. The van der Waals surface area contributed by atoms with E-state index in [4.69, 9.17) is 4.74 Å². The van der Waals surface area contributed by atoms with Gasteiger partial charge in [-0.05, 0) is 68.0 Å². The summed E-state index contributed by atoms with van der Waals surface area (Å²) in [6.45, 7) is 8.83. The van der Waals surface area contributed by atoms with Crippen molar-refractivity contribution < 1.29 is 19.4 Å². The van der Waals surface area contributed by atoms with Gasteiger partial charge in [-0.2, -0.15) is 0 Å². The summed E-state index contributed by atoms with van der Waals surface area (Å²) in [4.78, 5) is 32.3. The number of benzene rings is 1. The van der Waals surface area contributed by atoms with E-state index in [2.05, 4.69) is 20.5 Å². The van der Waals surface area contributed by atoms with Crippen LogP contribution in [0.1, 0.15) is 61.6 Å². The lowest BCUT2D eigenvalue weighted by molar-refractivity contribution is -0.141. The highest BCUT2D eigenvalue weighted by Crippen LogP contribution is 2.29. The molecule has 10 nitrogen and oxygen atoms in total. The molecule has 3 heterocycles. The van der Waals surface area contributed by atoms with E-state index in [0.29, 0.717) is 54.6 Å². The van der Waals surface area contributed by atoms with E-state index in [0.717, 1.165) is 11.1 Å². The van der Waals surface area contributed by atoms with E-state index in [1.165, 1.54) is 7.11 Å². The maximum absolute atomic E-state index is 13.3. The van der Waals surface area contributed by atoms with Gasteiger partial charge in [-0.15, -0.1) is 10.2 Å². The van der Waals surface area contributed by atoms with Gasteiger partial charge < -0.3 is 24.6 Å². The number of amides is 2. The van der Waals surface area contributed by atoms with Crippen molar-refractivity contribution in [3.05, 3.63) is 53.3 Å². The van der Waals surface area contributed by atoms with Crippen LogP contribution in [0.25, 0.3) is 11.5 Å². The van der Waals surface area contributed by atoms with Gasteiger partial charge in [-0.1, -0.05) is 19.9 Å². The average molecular weight is 507 g/mol. The summed E-state index contributed by atoms with van der Waals surface area (Å²) in [7, 11) is 1.52. The number of hydrogen-bond donors (Lipinski definition) is 2. The second kappa shape index (κ2) is 11.1. The lowest BCUT2D eigenvalue weighted by Crippen LogP contribution is -2.42. The zero-order valence-corrected chi connectivity index (χ0v) is 21.9. The number of aromatic nitrogens is 4. The van der Waals surface area contributed by atoms with Crippen LogP contribution in [-0.4, -0.2) is 61.3 Å². The molecule has 0 aliphatic carbocycles. The molecule has 0 saturated heterocycles. The Morgan fingerprint density at radius 3 is 2.65 bits per heavy atom. The number of ether oxygens (including phenoxy) is 1. The first-order valence-electron chi connectivity index (χ1n) is 12.5. The minimum atomic E-state index is -1.03. The molecule has 196 valence electrons. The Morgan fingerprint density at radius 2 is 1.95 bits per heavy atom. The summed E-state index contributed by atoms with van der Waals surface area (Å²) in [5, 5.41) is 21.3. The first-order valence-corrected chi connectivity index (χ1v) is 12.5. The molecule has 0 spiro atoms. The fraction of sp³-hybridized carbons (Fsp3) is 0.444. The molecule has 1 aromatic carbocycles. The summed E-state index contributed by atoms with van der Waals surface area (Å²) in [5.74, 6) is 0.987. The molecule has 1 aliphatic rings. The van der Waals surface area contributed by atoms with Crippen molar-refractivity contribution >= 4 is 17.6 Å². The van der Waals surface area contributed by atoms with Crippen LogP contribution < -0.4 is 10.1 Å². The molecule has 3 aromatic rings. The Morgan fingerprint density at radius 1 is 1.16 bits per heavy atom. The van der Waals surface area contributed by atoms with E-state index in [-0.39, 0.29) is 23.8 Å². The predicted octanol–water partition coefficient (Wildman–Crippen LogP) is 3.47. The molecule has 0 saturated carbocycles. The lowest BCUT2D eigenvalue weighted by atomic mass is 9.95. The van der Waals surface area contributed by atoms with Crippen LogP contribution >= 0.6 is 0 Å². The number of fused-ring (bicyclic) bond motifs is 1. The number of nitrogens with one attached hydrogen (secondary N) is 1. The minimum Gasteiger partial charge on any atom is -0.496 e. The van der Waals surface area contributed by atoms with Crippen LogP contribution in [0.3, 0.4) is 0 Å². The van der Waals surface area contributed by atoms with Gasteiger partial charge in [0.05, 0.1) is 12.7 Å². The summed E-state index contributed by atoms with van der Waals surface area (Å²) in [5.41, 5.74) is 2.81. The predicted molar refractivity (Wildman–Crippen MR) is 139 cm³/mol. The average Bonchev–Trinajstić information content (AvgIpc) is 3.37. The van der Waals surface area contributed by atoms with Crippen molar-refractivity contribution in [3.8, 4) is 17.3 Å². The Labute approximate surface area is 216 Å². The van der Waals surface area contributed by atoms with Crippen molar-refractivity contribution in [3.63, 3.8) is 0 Å². The van der Waals surface area contributed by atoms with Crippen LogP contribution in [0.4, 0.5) is 5.82 Å². The Hall–Kier alpha value is -3.79. The zero-order chi connectivity index (χ0) is 26.7. The van der Waals surface area contributed by atoms with E-state index < -0.39 is 6.10 Å². The summed E-state index contributed by atoms with van der Waals surface area (Å²) < 4.78 is 7.44. The van der Waals surface area contributed by atoms with E-state index in [1.807, 2.05) is 44.4 Å². The standard InChI is InChI=1S/C27H34N6O4/c1-16(2)11-22(34)27(36)32-10-9-18-13-23(37-5)20(12-19(18)14-32)26(35)30-24-8-6-7-21(29-24)25-31-28-15-33(25)17(3)4/h6-8,12-13,15-17,22,34H,9-11,14H2,1-5H3,(H,29,30,35)/t22-/m0/s1. The van der Waals surface area contributed by atoms with Gasteiger partial charge in [0.2, 0.25) is 0 Å². The number of anilines is 1. The van der Waals surface area contributed by atoms with Gasteiger partial charge in [0.25, 0.3) is 11.8 Å². The van der Waals surface area contributed by atoms with Gasteiger partial charge in [0.1, 0.15) is 29.7 Å². The number of aliphatic hydroxyl groups is 1. The molecule has 10 heteroatoms. The molecule has 37 heavy (non-hydrogen) atoms. The van der Waals surface area contributed by atoms with E-state index in [1.54, 1.807) is 29.4 Å². The quantitative estimate of drug-likeness (QED) is 0.480. The molecule has 2 aromatic heterocycles. The fourth-order valence-electron chi connectivity index (χ4n) is 4.50. The number of aliphatic hydroxyl groups excluding tert-OH is 1. The largest absolute Gasteiger partial charge is 0.496 e. The van der Waals surface area contributed by atoms with Gasteiger partial charge in [-0.25, -0.2) is 4.98 Å². The topological polar surface area (TPSA) is 122 Å². The van der Waals surface area contributed by atoms with Crippen LogP contribution in [0.5, 0.6) is 5.75 Å². The van der Waals surface area contributed by atoms with Crippen LogP contribution in [0.2, 0.25) is 0 Å². The highest BCUT2D eigenvalue weighted by atomic mass is 16.5. The fourth-order valence-corrected chi connectivity index (χ4v) is 4.50. The van der Waals surface area contributed by atoms with Gasteiger partial charge in [0.15, 0.2) is 5.82 Å². The van der Waals surface area contributed by atoms with Crippen molar-refractivity contribution in [1.82, 2.24) is 24.6 Å². The number of rotatable bonds is 8. The lowest BCUT2D eigenvalue weighted by Gasteiger charge is -2.31. The molecule has 0 unspecified atom stereocenters.